The predicted molar refractivity (Wildman–Crippen MR) is 91.3 cm³/mol. The van der Waals surface area contributed by atoms with Crippen LogP contribution in [0.1, 0.15) is 51.0 Å². The van der Waals surface area contributed by atoms with Gasteiger partial charge in [-0.25, -0.2) is 0 Å². The lowest BCUT2D eigenvalue weighted by Gasteiger charge is -2.28. The summed E-state index contributed by atoms with van der Waals surface area (Å²) in [6.45, 7) is 3.08. The lowest BCUT2D eigenvalue weighted by Crippen LogP contribution is -2.36. The van der Waals surface area contributed by atoms with Crippen LogP contribution < -0.4 is 5.32 Å². The quantitative estimate of drug-likeness (QED) is 0.844. The van der Waals surface area contributed by atoms with Gasteiger partial charge >= 0.3 is 0 Å². The van der Waals surface area contributed by atoms with Crippen LogP contribution in [-0.4, -0.2) is 22.9 Å². The summed E-state index contributed by atoms with van der Waals surface area (Å²) in [5.41, 5.74) is 1.23. The van der Waals surface area contributed by atoms with Gasteiger partial charge in [-0.3, -0.25) is 9.00 Å². The summed E-state index contributed by atoms with van der Waals surface area (Å²) in [6.07, 6.45) is 9.70. The summed E-state index contributed by atoms with van der Waals surface area (Å²) < 4.78 is 11.4. The van der Waals surface area contributed by atoms with Crippen LogP contribution in [-0.2, 0) is 22.0 Å². The summed E-state index contributed by atoms with van der Waals surface area (Å²) in [5, 5.41) is 3.11. The van der Waals surface area contributed by atoms with Gasteiger partial charge in [-0.15, -0.1) is 0 Å². The highest BCUT2D eigenvalue weighted by atomic mass is 32.2. The standard InChI is InChI=1S/C18H27NO2S/c1-18(11-5-3-4-6-12-18)14-19-17(20)13-15-7-9-16(10-8-15)22(2)21/h7-10H,3-6,11-14H2,1-2H3,(H,19,20)/t22-/m1/s1. The predicted octanol–water partition coefficient (Wildman–Crippen LogP) is 3.44. The van der Waals surface area contributed by atoms with Crippen molar-refractivity contribution in [2.24, 2.45) is 5.41 Å². The molecular formula is C18H27NO2S. The third-order valence-corrected chi connectivity index (χ3v) is 5.58. The normalized spacial score (nSPS) is 19.2. The molecule has 122 valence electrons. The van der Waals surface area contributed by atoms with Gasteiger partial charge in [-0.1, -0.05) is 44.7 Å². The minimum absolute atomic E-state index is 0.0795. The van der Waals surface area contributed by atoms with Gasteiger partial charge in [0.25, 0.3) is 0 Å². The van der Waals surface area contributed by atoms with Gasteiger partial charge < -0.3 is 5.32 Å². The maximum absolute atomic E-state index is 12.1. The topological polar surface area (TPSA) is 46.2 Å². The van der Waals surface area contributed by atoms with Crippen molar-refractivity contribution < 1.29 is 9.00 Å². The minimum Gasteiger partial charge on any atom is -0.355 e. The molecule has 0 spiro atoms. The summed E-state index contributed by atoms with van der Waals surface area (Å²) in [7, 11) is -0.965. The number of hydrogen-bond donors (Lipinski definition) is 1. The maximum Gasteiger partial charge on any atom is 0.224 e. The molecule has 0 aliphatic heterocycles. The molecule has 1 saturated carbocycles. The highest BCUT2D eigenvalue weighted by molar-refractivity contribution is 7.84. The Hall–Kier alpha value is -1.16. The second-order valence-corrected chi connectivity index (χ2v) is 8.16. The lowest BCUT2D eigenvalue weighted by molar-refractivity contribution is -0.121. The van der Waals surface area contributed by atoms with E-state index in [9.17, 15) is 9.00 Å². The van der Waals surface area contributed by atoms with Crippen molar-refractivity contribution in [3.63, 3.8) is 0 Å². The fraction of sp³-hybridized carbons (Fsp3) is 0.611. The average Bonchev–Trinajstić information content (AvgIpc) is 2.71. The number of hydrogen-bond acceptors (Lipinski definition) is 2. The van der Waals surface area contributed by atoms with Crippen molar-refractivity contribution in [3.8, 4) is 0 Å². The first-order valence-corrected chi connectivity index (χ1v) is 9.73. The van der Waals surface area contributed by atoms with Crippen LogP contribution in [0.3, 0.4) is 0 Å². The van der Waals surface area contributed by atoms with Crippen LogP contribution in [0.2, 0.25) is 0 Å². The van der Waals surface area contributed by atoms with Gasteiger partial charge in [-0.2, -0.15) is 0 Å². The zero-order valence-electron chi connectivity index (χ0n) is 13.7. The molecule has 0 aromatic heterocycles. The molecule has 2 rings (SSSR count). The van der Waals surface area contributed by atoms with Crippen LogP contribution in [0, 0.1) is 5.41 Å². The molecular weight excluding hydrogens is 294 g/mol. The van der Waals surface area contributed by atoms with Crippen LogP contribution in [0.5, 0.6) is 0 Å². The van der Waals surface area contributed by atoms with Crippen molar-refractivity contribution in [2.45, 2.75) is 56.8 Å². The molecule has 0 bridgehead atoms. The monoisotopic (exact) mass is 321 g/mol. The molecule has 1 aliphatic carbocycles. The third-order valence-electron chi connectivity index (χ3n) is 4.64. The Labute approximate surface area is 136 Å². The summed E-state index contributed by atoms with van der Waals surface area (Å²) in [6, 6.07) is 7.46. The van der Waals surface area contributed by atoms with Gasteiger partial charge in [0.2, 0.25) is 5.91 Å². The Morgan fingerprint density at radius 3 is 2.27 bits per heavy atom. The third kappa shape index (κ3) is 5.24. The zero-order chi connectivity index (χ0) is 16.0. The molecule has 1 amide bonds. The van der Waals surface area contributed by atoms with Gasteiger partial charge in [0.05, 0.1) is 6.42 Å². The minimum atomic E-state index is -0.965. The Morgan fingerprint density at radius 2 is 1.73 bits per heavy atom. The van der Waals surface area contributed by atoms with E-state index in [4.69, 9.17) is 0 Å². The van der Waals surface area contributed by atoms with Crippen LogP contribution in [0.25, 0.3) is 0 Å². The summed E-state index contributed by atoms with van der Waals surface area (Å²) >= 11 is 0. The first-order chi connectivity index (χ1) is 10.5. The van der Waals surface area contributed by atoms with Crippen molar-refractivity contribution in [1.29, 1.82) is 0 Å². The maximum atomic E-state index is 12.1. The first-order valence-electron chi connectivity index (χ1n) is 8.18. The molecule has 0 saturated heterocycles. The molecule has 4 heteroatoms. The Morgan fingerprint density at radius 1 is 1.14 bits per heavy atom. The molecule has 1 aromatic rings. The number of carbonyl (C=O) groups excluding carboxylic acids is 1. The van der Waals surface area contributed by atoms with Crippen LogP contribution >= 0.6 is 0 Å². The largest absolute Gasteiger partial charge is 0.355 e. The van der Waals surface area contributed by atoms with Crippen molar-refractivity contribution >= 4 is 16.7 Å². The SMILES string of the molecule is C[S@@](=O)c1ccc(CC(=O)NCC2(C)CCCCCC2)cc1. The van der Waals surface area contributed by atoms with E-state index >= 15 is 0 Å². The fourth-order valence-electron chi connectivity index (χ4n) is 3.12. The highest BCUT2D eigenvalue weighted by Crippen LogP contribution is 2.33. The van der Waals surface area contributed by atoms with E-state index in [1.807, 2.05) is 24.3 Å². The van der Waals surface area contributed by atoms with Crippen molar-refractivity contribution in [2.75, 3.05) is 12.8 Å². The van der Waals surface area contributed by atoms with E-state index < -0.39 is 10.8 Å². The number of amides is 1. The van der Waals surface area contributed by atoms with Crippen molar-refractivity contribution in [3.05, 3.63) is 29.8 Å². The van der Waals surface area contributed by atoms with Crippen LogP contribution in [0.4, 0.5) is 0 Å². The molecule has 1 aliphatic rings. The molecule has 0 heterocycles. The van der Waals surface area contributed by atoms with Gasteiger partial charge in [-0.05, 0) is 36.0 Å². The number of rotatable bonds is 5. The number of benzene rings is 1. The molecule has 1 aromatic carbocycles. The number of nitrogens with one attached hydrogen (secondary N) is 1. The van der Waals surface area contributed by atoms with Gasteiger partial charge in [0.1, 0.15) is 0 Å². The van der Waals surface area contributed by atoms with E-state index in [0.717, 1.165) is 17.0 Å². The summed E-state index contributed by atoms with van der Waals surface area (Å²) in [5.74, 6) is 0.0795. The highest BCUT2D eigenvalue weighted by Gasteiger charge is 2.25. The molecule has 1 N–H and O–H groups in total. The molecule has 1 fully saturated rings. The van der Waals surface area contributed by atoms with E-state index in [1.165, 1.54) is 38.5 Å². The van der Waals surface area contributed by atoms with Gasteiger partial charge in [0, 0.05) is 28.5 Å². The average molecular weight is 321 g/mol. The molecule has 3 nitrogen and oxygen atoms in total. The van der Waals surface area contributed by atoms with Crippen molar-refractivity contribution in [1.82, 2.24) is 5.32 Å². The van der Waals surface area contributed by atoms with Crippen LogP contribution in [0.15, 0.2) is 29.2 Å². The van der Waals surface area contributed by atoms with E-state index in [1.54, 1.807) is 6.26 Å². The molecule has 22 heavy (non-hydrogen) atoms. The second-order valence-electron chi connectivity index (χ2n) is 6.78. The Bertz CT molecular complexity index is 516. The molecule has 0 radical (unpaired) electrons. The number of carbonyl (C=O) groups is 1. The van der Waals surface area contributed by atoms with E-state index in [0.29, 0.717) is 6.42 Å². The lowest BCUT2D eigenvalue weighted by atomic mass is 9.82. The van der Waals surface area contributed by atoms with E-state index in [-0.39, 0.29) is 11.3 Å². The molecule has 0 unspecified atom stereocenters. The summed E-state index contributed by atoms with van der Waals surface area (Å²) in [4.78, 5) is 12.9. The zero-order valence-corrected chi connectivity index (χ0v) is 14.5. The first kappa shape index (κ1) is 17.2. The Kier molecular flexibility index (Phi) is 6.18. The van der Waals surface area contributed by atoms with E-state index in [2.05, 4.69) is 12.2 Å². The second kappa shape index (κ2) is 7.91. The smallest absolute Gasteiger partial charge is 0.224 e. The Balaban J connectivity index is 1.83. The molecule has 1 atom stereocenters. The van der Waals surface area contributed by atoms with Gasteiger partial charge in [0.15, 0.2) is 0 Å². The fourth-order valence-corrected chi connectivity index (χ4v) is 3.64.